The van der Waals surface area contributed by atoms with Crippen LogP contribution in [0.15, 0.2) is 22.8 Å². The summed E-state index contributed by atoms with van der Waals surface area (Å²) in [6, 6.07) is 2.37. The van der Waals surface area contributed by atoms with Gasteiger partial charge in [0.25, 0.3) is 0 Å². The first-order valence-electron chi connectivity index (χ1n) is 5.24. The largest absolute Gasteiger partial charge is 0.545 e. The van der Waals surface area contributed by atoms with Crippen LogP contribution in [0.3, 0.4) is 0 Å². The SMILES string of the molecule is N=[N+]=NCC(=Cc1cc(Cl)c(OC(F)F)c(Cl)c1)C(=O)[O-]. The molecule has 0 atom stereocenters. The first kappa shape index (κ1) is 17.0. The summed E-state index contributed by atoms with van der Waals surface area (Å²) in [5.74, 6) is -1.94. The number of hydrogen-bond donors (Lipinski definition) is 1. The molecule has 1 aromatic carbocycles. The first-order chi connectivity index (χ1) is 9.85. The number of nitrogens with one attached hydrogen (secondary N) is 1. The summed E-state index contributed by atoms with van der Waals surface area (Å²) in [6.07, 6.45) is 1.12. The molecule has 21 heavy (non-hydrogen) atoms. The fraction of sp³-hybridized carbons (Fsp3) is 0.182. The van der Waals surface area contributed by atoms with Gasteiger partial charge in [0.15, 0.2) is 5.75 Å². The predicted octanol–water partition coefficient (Wildman–Crippen LogP) is 2.28. The molecule has 0 saturated carbocycles. The molecule has 0 saturated heterocycles. The molecule has 0 heterocycles. The van der Waals surface area contributed by atoms with Gasteiger partial charge in [-0.05, 0) is 23.8 Å². The minimum absolute atomic E-state index is 0.214. The van der Waals surface area contributed by atoms with Gasteiger partial charge in [0.05, 0.1) is 16.0 Å². The number of nitrogens with zero attached hydrogens (tertiary/aromatic N) is 2. The lowest BCUT2D eigenvalue weighted by atomic mass is 10.1. The van der Waals surface area contributed by atoms with E-state index in [4.69, 9.17) is 28.7 Å². The minimum atomic E-state index is -3.10. The highest BCUT2D eigenvalue weighted by molar-refractivity contribution is 6.37. The standard InChI is InChI=1S/C11H7Cl2F2N3O3/c12-7-2-5(1-6(10(19)20)4-17-18-16)3-8(13)9(7)21-11(14)15/h1-3,11,16H,4H2. The monoisotopic (exact) mass is 337 g/mol. The van der Waals surface area contributed by atoms with Crippen molar-refractivity contribution < 1.29 is 23.4 Å². The van der Waals surface area contributed by atoms with Gasteiger partial charge in [-0.2, -0.15) is 8.78 Å². The van der Waals surface area contributed by atoms with Crippen LogP contribution in [-0.4, -0.2) is 19.1 Å². The zero-order chi connectivity index (χ0) is 16.0. The summed E-state index contributed by atoms with van der Waals surface area (Å²) in [4.78, 5) is 13.5. The summed E-state index contributed by atoms with van der Waals surface area (Å²) in [5, 5.41) is 13.6. The molecule has 112 valence electrons. The molecule has 0 aliphatic heterocycles. The Morgan fingerprint density at radius 1 is 1.48 bits per heavy atom. The summed E-state index contributed by atoms with van der Waals surface area (Å²) in [6.45, 7) is -3.49. The van der Waals surface area contributed by atoms with Gasteiger partial charge in [-0.1, -0.05) is 23.2 Å². The number of carboxylic acid groups (broad SMARTS) is 1. The lowest BCUT2D eigenvalue weighted by Crippen LogP contribution is -2.25. The number of rotatable bonds is 6. The summed E-state index contributed by atoms with van der Waals surface area (Å²) < 4.78 is 28.5. The van der Waals surface area contributed by atoms with Crippen LogP contribution in [0.5, 0.6) is 5.75 Å². The number of carbonyl (C=O) groups is 1. The van der Waals surface area contributed by atoms with Crippen molar-refractivity contribution in [3.05, 3.63) is 33.3 Å². The van der Waals surface area contributed by atoms with Crippen molar-refractivity contribution in [2.75, 3.05) is 6.54 Å². The fourth-order valence-electron chi connectivity index (χ4n) is 1.35. The molecule has 0 unspecified atom stereocenters. The molecule has 0 amide bonds. The number of benzene rings is 1. The molecule has 1 N–H and O–H groups in total. The van der Waals surface area contributed by atoms with Crippen molar-refractivity contribution in [1.82, 2.24) is 4.91 Å². The molecule has 10 heteroatoms. The molecule has 0 aliphatic rings. The Hall–Kier alpha value is -2.02. The summed E-state index contributed by atoms with van der Waals surface area (Å²) in [7, 11) is 0. The van der Waals surface area contributed by atoms with Crippen molar-refractivity contribution in [2.24, 2.45) is 5.11 Å². The third kappa shape index (κ3) is 5.11. The number of carbonyl (C=O) groups excluding carboxylic acids is 1. The molecule has 1 rings (SSSR count). The lowest BCUT2D eigenvalue weighted by molar-refractivity contribution is -0.299. The quantitative estimate of drug-likeness (QED) is 0.489. The van der Waals surface area contributed by atoms with Crippen molar-refractivity contribution >= 4 is 35.2 Å². The highest BCUT2D eigenvalue weighted by Crippen LogP contribution is 2.35. The van der Waals surface area contributed by atoms with E-state index < -0.39 is 24.9 Å². The molecule has 0 bridgehead atoms. The van der Waals surface area contributed by atoms with E-state index in [2.05, 4.69) is 14.8 Å². The van der Waals surface area contributed by atoms with Crippen LogP contribution in [-0.2, 0) is 4.79 Å². The average molecular weight is 338 g/mol. The number of alkyl halides is 2. The van der Waals surface area contributed by atoms with Gasteiger partial charge in [0.2, 0.25) is 4.91 Å². The molecule has 0 radical (unpaired) electrons. The third-order valence-electron chi connectivity index (χ3n) is 2.14. The van der Waals surface area contributed by atoms with E-state index in [-0.39, 0.29) is 21.2 Å². The van der Waals surface area contributed by atoms with E-state index in [1.54, 1.807) is 0 Å². The van der Waals surface area contributed by atoms with Crippen LogP contribution in [0.4, 0.5) is 8.78 Å². The topological polar surface area (TPSA) is 99.7 Å². The van der Waals surface area contributed by atoms with Gasteiger partial charge >= 0.3 is 6.61 Å². The number of ether oxygens (including phenoxy) is 1. The van der Waals surface area contributed by atoms with Crippen LogP contribution in [0, 0.1) is 5.53 Å². The van der Waals surface area contributed by atoms with Gasteiger partial charge in [-0.25, -0.2) is 0 Å². The molecule has 6 nitrogen and oxygen atoms in total. The van der Waals surface area contributed by atoms with Gasteiger partial charge in [-0.15, -0.1) is 0 Å². The maximum Gasteiger partial charge on any atom is 0.387 e. The predicted molar refractivity (Wildman–Crippen MR) is 68.2 cm³/mol. The van der Waals surface area contributed by atoms with Gasteiger partial charge < -0.3 is 14.6 Å². The fourth-order valence-corrected chi connectivity index (χ4v) is 1.94. The Morgan fingerprint density at radius 3 is 2.48 bits per heavy atom. The van der Waals surface area contributed by atoms with E-state index in [9.17, 15) is 18.7 Å². The van der Waals surface area contributed by atoms with Crippen molar-refractivity contribution in [1.29, 1.82) is 5.53 Å². The molecule has 0 fully saturated rings. The Balaban J connectivity index is 3.19. The summed E-state index contributed by atoms with van der Waals surface area (Å²) in [5.41, 5.74) is 6.39. The molecule has 0 spiro atoms. The van der Waals surface area contributed by atoms with E-state index in [0.717, 1.165) is 6.08 Å². The zero-order valence-electron chi connectivity index (χ0n) is 10.1. The van der Waals surface area contributed by atoms with Gasteiger partial charge in [0, 0.05) is 5.57 Å². The molecular weight excluding hydrogens is 331 g/mol. The van der Waals surface area contributed by atoms with Crippen LogP contribution in [0.1, 0.15) is 5.56 Å². The normalized spacial score (nSPS) is 11.2. The maximum absolute atomic E-state index is 12.2. The number of hydrogen-bond acceptors (Lipinski definition) is 5. The van der Waals surface area contributed by atoms with E-state index >= 15 is 0 Å². The molecule has 0 aliphatic carbocycles. The molecular formula is C11H7Cl2F2N3O3. The highest BCUT2D eigenvalue weighted by atomic mass is 35.5. The maximum atomic E-state index is 12.2. The second-order valence-electron chi connectivity index (χ2n) is 3.55. The molecule has 1 aromatic rings. The lowest BCUT2D eigenvalue weighted by Gasteiger charge is -2.10. The Morgan fingerprint density at radius 2 is 2.05 bits per heavy atom. The average Bonchev–Trinajstić information content (AvgIpc) is 2.38. The third-order valence-corrected chi connectivity index (χ3v) is 2.70. The Bertz CT molecular complexity index is 608. The number of halogens is 4. The minimum Gasteiger partial charge on any atom is -0.545 e. The van der Waals surface area contributed by atoms with Crippen LogP contribution in [0.25, 0.3) is 6.08 Å². The summed E-state index contributed by atoms with van der Waals surface area (Å²) >= 11 is 11.5. The zero-order valence-corrected chi connectivity index (χ0v) is 11.7. The van der Waals surface area contributed by atoms with Crippen molar-refractivity contribution in [3.8, 4) is 5.75 Å². The smallest absolute Gasteiger partial charge is 0.387 e. The molecule has 0 aromatic heterocycles. The van der Waals surface area contributed by atoms with Crippen LogP contribution < -0.4 is 14.8 Å². The first-order valence-corrected chi connectivity index (χ1v) is 5.99. The van der Waals surface area contributed by atoms with Crippen molar-refractivity contribution in [3.63, 3.8) is 0 Å². The number of aliphatic carboxylic acids is 1. The Labute approximate surface area is 127 Å². The Kier molecular flexibility index (Phi) is 6.23. The van der Waals surface area contributed by atoms with Crippen molar-refractivity contribution in [2.45, 2.75) is 6.61 Å². The van der Waals surface area contributed by atoms with Gasteiger partial charge in [-0.3, -0.25) is 0 Å². The second kappa shape index (κ2) is 7.68. The van der Waals surface area contributed by atoms with E-state index in [0.29, 0.717) is 0 Å². The van der Waals surface area contributed by atoms with E-state index in [1.165, 1.54) is 12.1 Å². The van der Waals surface area contributed by atoms with Crippen LogP contribution in [0.2, 0.25) is 10.0 Å². The number of carboxylic acids is 1. The van der Waals surface area contributed by atoms with E-state index in [1.807, 2.05) is 0 Å². The van der Waals surface area contributed by atoms with Crippen LogP contribution >= 0.6 is 23.2 Å². The second-order valence-corrected chi connectivity index (χ2v) is 4.36. The highest BCUT2D eigenvalue weighted by Gasteiger charge is 2.14. The van der Waals surface area contributed by atoms with Gasteiger partial charge in [0.1, 0.15) is 17.2 Å².